The van der Waals surface area contributed by atoms with E-state index in [0.717, 1.165) is 5.56 Å². The van der Waals surface area contributed by atoms with E-state index in [1.807, 2.05) is 50.4 Å². The number of carbonyl (C=O) groups is 2. The molecule has 0 bridgehead atoms. The minimum Gasteiger partial charge on any atom is -0.496 e. The number of rotatable bonds is 14. The van der Waals surface area contributed by atoms with E-state index in [-0.39, 0.29) is 11.6 Å². The van der Waals surface area contributed by atoms with Crippen molar-refractivity contribution in [1.82, 2.24) is 29.6 Å². The summed E-state index contributed by atoms with van der Waals surface area (Å²) in [7, 11) is 6.06. The second-order valence-electron chi connectivity index (χ2n) is 11.8. The first kappa shape index (κ1) is 36.4. The Bertz CT molecular complexity index is 2150. The third kappa shape index (κ3) is 7.78. The molecule has 0 aliphatic heterocycles. The van der Waals surface area contributed by atoms with E-state index in [1.54, 1.807) is 67.6 Å². The maximum Gasteiger partial charge on any atom is 0.278 e. The van der Waals surface area contributed by atoms with Crippen LogP contribution in [-0.2, 0) is 16.0 Å². The van der Waals surface area contributed by atoms with Gasteiger partial charge in [-0.05, 0) is 49.7 Å². The summed E-state index contributed by atoms with van der Waals surface area (Å²) in [5, 5.41) is 8.06. The van der Waals surface area contributed by atoms with Gasteiger partial charge in [0.05, 0.1) is 37.5 Å². The smallest absolute Gasteiger partial charge is 0.278 e. The van der Waals surface area contributed by atoms with Gasteiger partial charge < -0.3 is 29.0 Å². The summed E-state index contributed by atoms with van der Waals surface area (Å²) < 4.78 is 31.2. The molecule has 0 spiro atoms. The van der Waals surface area contributed by atoms with Gasteiger partial charge in [-0.15, -0.1) is 0 Å². The van der Waals surface area contributed by atoms with Crippen LogP contribution >= 0.6 is 0 Å². The lowest BCUT2D eigenvalue weighted by atomic mass is 10.1. The number of hydrogen-bond acceptors (Lipinski definition) is 11. The molecule has 6 aromatic rings. The number of carbonyl (C=O) groups excluding carboxylic acids is 2. The fourth-order valence-electron chi connectivity index (χ4n) is 5.83. The number of pyridine rings is 1. The molecule has 3 aromatic heterocycles. The van der Waals surface area contributed by atoms with Crippen LogP contribution in [0.5, 0.6) is 23.1 Å². The van der Waals surface area contributed by atoms with Crippen LogP contribution in [0.4, 0.5) is 5.82 Å². The van der Waals surface area contributed by atoms with Gasteiger partial charge in [0, 0.05) is 49.8 Å². The zero-order chi connectivity index (χ0) is 37.5. The monoisotopic (exact) mass is 717 g/mol. The summed E-state index contributed by atoms with van der Waals surface area (Å²) in [4.78, 5) is 42.4. The van der Waals surface area contributed by atoms with Gasteiger partial charge >= 0.3 is 0 Å². The largest absolute Gasteiger partial charge is 0.496 e. The number of aromatic nitrogens is 5. The van der Waals surface area contributed by atoms with Crippen molar-refractivity contribution >= 4 is 28.5 Å². The Kier molecular flexibility index (Phi) is 11.2. The molecular weight excluding hydrogens is 678 g/mol. The fourth-order valence-corrected chi connectivity index (χ4v) is 5.83. The number of para-hydroxylation sites is 2. The molecule has 0 aliphatic rings. The lowest BCUT2D eigenvalue weighted by Crippen LogP contribution is -2.40. The van der Waals surface area contributed by atoms with E-state index in [9.17, 15) is 9.59 Å². The molecule has 2 amide bonds. The molecule has 0 fully saturated rings. The van der Waals surface area contributed by atoms with Crippen LogP contribution in [0, 0.1) is 6.92 Å². The summed E-state index contributed by atoms with van der Waals surface area (Å²) >= 11 is 0. The molecule has 0 saturated carbocycles. The van der Waals surface area contributed by atoms with Crippen LogP contribution in [0.1, 0.15) is 56.9 Å². The van der Waals surface area contributed by atoms with Crippen LogP contribution in [0.15, 0.2) is 97.6 Å². The van der Waals surface area contributed by atoms with Crippen molar-refractivity contribution in [3.05, 3.63) is 126 Å². The van der Waals surface area contributed by atoms with Gasteiger partial charge in [0.2, 0.25) is 5.88 Å². The van der Waals surface area contributed by atoms with E-state index < -0.39 is 24.3 Å². The van der Waals surface area contributed by atoms with Crippen molar-refractivity contribution in [2.45, 2.75) is 32.8 Å². The molecule has 1 N–H and O–H groups in total. The van der Waals surface area contributed by atoms with Crippen LogP contribution in [-0.4, -0.2) is 69.9 Å². The van der Waals surface area contributed by atoms with Crippen LogP contribution in [0.2, 0.25) is 0 Å². The molecule has 6 rings (SSSR count). The number of methoxy groups -OCH3 is 4. The molecule has 0 saturated heterocycles. The minimum atomic E-state index is -0.987. The van der Waals surface area contributed by atoms with Crippen LogP contribution in [0.25, 0.3) is 10.9 Å². The highest BCUT2D eigenvalue weighted by Crippen LogP contribution is 2.40. The van der Waals surface area contributed by atoms with Gasteiger partial charge in [-0.3, -0.25) is 19.2 Å². The third-order valence-corrected chi connectivity index (χ3v) is 8.43. The van der Waals surface area contributed by atoms with Crippen LogP contribution in [0.3, 0.4) is 0 Å². The average molecular weight is 718 g/mol. The standard InChI is InChI=1S/C39H39N7O7/c1-7-45-23-28-29(44-45)18-25(36(47)43-34-17-16-24(2)20-41-34)19-33(28)53-35-22-40-30(21-42-35)37(48)46(38(51-5)26-12-8-10-14-31(26)49-3)39(52-6)27-13-9-11-15-32(27)50-4/h8-23,38-39H,7H2,1-6H3,(H,41,43,47). The summed E-state index contributed by atoms with van der Waals surface area (Å²) in [6, 6.07) is 21.3. The normalized spacial score (nSPS) is 12.2. The Morgan fingerprint density at radius 3 is 2.00 bits per heavy atom. The van der Waals surface area contributed by atoms with Gasteiger partial charge in [0.1, 0.15) is 28.8 Å². The zero-order valence-corrected chi connectivity index (χ0v) is 30.1. The molecular formula is C39H39N7O7. The number of fused-ring (bicyclic) bond motifs is 1. The lowest BCUT2D eigenvalue weighted by molar-refractivity contribution is -0.115. The van der Waals surface area contributed by atoms with E-state index in [0.29, 0.717) is 57.2 Å². The summed E-state index contributed by atoms with van der Waals surface area (Å²) in [5.74, 6) is 0.871. The summed E-state index contributed by atoms with van der Waals surface area (Å²) in [5.41, 5.74) is 2.95. The number of anilines is 1. The molecule has 3 heterocycles. The molecule has 0 aliphatic carbocycles. The number of ether oxygens (including phenoxy) is 5. The molecule has 0 radical (unpaired) electrons. The topological polar surface area (TPSA) is 152 Å². The Morgan fingerprint density at radius 1 is 0.792 bits per heavy atom. The highest BCUT2D eigenvalue weighted by atomic mass is 16.5. The number of benzene rings is 3. The Balaban J connectivity index is 1.34. The highest BCUT2D eigenvalue weighted by molar-refractivity contribution is 6.06. The maximum atomic E-state index is 14.5. The van der Waals surface area contributed by atoms with Crippen molar-refractivity contribution in [1.29, 1.82) is 0 Å². The second kappa shape index (κ2) is 16.3. The van der Waals surface area contributed by atoms with E-state index >= 15 is 0 Å². The SMILES string of the molecule is CCn1cc2c(Oc3cnc(C(=O)N(C(OC)c4ccccc4OC)C(OC)c4ccccc4OC)cn3)cc(C(=O)Nc3ccc(C)cn3)cc2n1. The molecule has 272 valence electrons. The number of aryl methyl sites for hydroxylation is 2. The Labute approximate surface area is 306 Å². The highest BCUT2D eigenvalue weighted by Gasteiger charge is 2.37. The number of amides is 2. The van der Waals surface area contributed by atoms with Crippen molar-refractivity contribution in [2.24, 2.45) is 0 Å². The predicted octanol–water partition coefficient (Wildman–Crippen LogP) is 6.74. The van der Waals surface area contributed by atoms with E-state index in [2.05, 4.69) is 25.4 Å². The van der Waals surface area contributed by atoms with Gasteiger partial charge in [0.25, 0.3) is 11.8 Å². The van der Waals surface area contributed by atoms with Gasteiger partial charge in [-0.2, -0.15) is 5.10 Å². The first-order valence-corrected chi connectivity index (χ1v) is 16.7. The van der Waals surface area contributed by atoms with Crippen molar-refractivity contribution < 1.29 is 33.3 Å². The molecule has 53 heavy (non-hydrogen) atoms. The third-order valence-electron chi connectivity index (χ3n) is 8.43. The number of hydrogen-bond donors (Lipinski definition) is 1. The minimum absolute atomic E-state index is 0.0195. The molecule has 14 nitrogen and oxygen atoms in total. The van der Waals surface area contributed by atoms with Crippen molar-refractivity contribution in [3.8, 4) is 23.1 Å². The fraction of sp³-hybridized carbons (Fsp3) is 0.231. The summed E-state index contributed by atoms with van der Waals surface area (Å²) in [6.45, 7) is 4.47. The maximum absolute atomic E-state index is 14.5. The first-order chi connectivity index (χ1) is 25.8. The van der Waals surface area contributed by atoms with Gasteiger partial charge in [-0.1, -0.05) is 42.5 Å². The molecule has 14 heteroatoms. The zero-order valence-electron chi connectivity index (χ0n) is 30.1. The van der Waals surface area contributed by atoms with E-state index in [4.69, 9.17) is 23.7 Å². The average Bonchev–Trinajstić information content (AvgIpc) is 3.63. The molecule has 3 aromatic carbocycles. The number of nitrogens with zero attached hydrogens (tertiary/aromatic N) is 6. The molecule has 2 atom stereocenters. The Morgan fingerprint density at radius 2 is 1.45 bits per heavy atom. The van der Waals surface area contributed by atoms with Crippen molar-refractivity contribution in [3.63, 3.8) is 0 Å². The van der Waals surface area contributed by atoms with Crippen LogP contribution < -0.4 is 19.5 Å². The quantitative estimate of drug-likeness (QED) is 0.119. The lowest BCUT2D eigenvalue weighted by Gasteiger charge is -2.37. The molecule has 2 unspecified atom stereocenters. The van der Waals surface area contributed by atoms with E-state index in [1.165, 1.54) is 31.5 Å². The van der Waals surface area contributed by atoms with Gasteiger partial charge in [0.15, 0.2) is 12.5 Å². The second-order valence-corrected chi connectivity index (χ2v) is 11.8. The summed E-state index contributed by atoms with van der Waals surface area (Å²) in [6.07, 6.45) is 4.16. The number of nitrogens with one attached hydrogen (secondary N) is 1. The predicted molar refractivity (Wildman–Crippen MR) is 196 cm³/mol. The Hall–Kier alpha value is -6.38. The first-order valence-electron chi connectivity index (χ1n) is 16.7. The van der Waals surface area contributed by atoms with Gasteiger partial charge in [-0.25, -0.2) is 15.0 Å². The van der Waals surface area contributed by atoms with Crippen molar-refractivity contribution in [2.75, 3.05) is 33.8 Å².